The van der Waals surface area contributed by atoms with Crippen molar-refractivity contribution in [1.82, 2.24) is 15.1 Å². The van der Waals surface area contributed by atoms with Crippen molar-refractivity contribution in [1.29, 1.82) is 5.26 Å². The highest BCUT2D eigenvalue weighted by Gasteiger charge is 2.49. The Morgan fingerprint density at radius 2 is 1.89 bits per heavy atom. The van der Waals surface area contributed by atoms with Crippen LogP contribution in [-0.2, 0) is 16.1 Å². The standard InChI is InChI=1S/C20H25N5O2/c21-14-17-18(26)22-19(25-10-12-27-13-11-25)23-20(17)6-8-24(9-7-20)15-16-4-2-1-3-5-16/h1-5,17H,6-13,15H2,(H,22,23,26)/t17-/m0/s1. The molecule has 1 N–H and O–H groups in total. The van der Waals surface area contributed by atoms with Crippen LogP contribution in [0.25, 0.3) is 0 Å². The van der Waals surface area contributed by atoms with Crippen molar-refractivity contribution in [2.24, 2.45) is 10.9 Å². The number of piperidine rings is 1. The summed E-state index contributed by atoms with van der Waals surface area (Å²) in [5.41, 5.74) is 0.668. The molecular formula is C20H25N5O2. The fourth-order valence-corrected chi connectivity index (χ4v) is 4.17. The molecule has 3 aliphatic rings. The van der Waals surface area contributed by atoms with Crippen molar-refractivity contribution in [2.75, 3.05) is 39.4 Å². The molecule has 1 spiro atoms. The van der Waals surface area contributed by atoms with Crippen LogP contribution < -0.4 is 5.32 Å². The molecule has 2 fully saturated rings. The van der Waals surface area contributed by atoms with E-state index < -0.39 is 11.5 Å². The molecule has 0 saturated carbocycles. The number of aliphatic imine (C=N–C) groups is 1. The monoisotopic (exact) mass is 367 g/mol. The first-order valence-corrected chi connectivity index (χ1v) is 9.59. The molecule has 0 aliphatic carbocycles. The summed E-state index contributed by atoms with van der Waals surface area (Å²) in [6.45, 7) is 5.25. The van der Waals surface area contributed by atoms with Gasteiger partial charge in [0, 0.05) is 32.7 Å². The van der Waals surface area contributed by atoms with E-state index >= 15 is 0 Å². The van der Waals surface area contributed by atoms with Crippen molar-refractivity contribution in [3.05, 3.63) is 35.9 Å². The number of likely N-dealkylation sites (tertiary alicyclic amines) is 1. The third kappa shape index (κ3) is 3.68. The topological polar surface area (TPSA) is 81.0 Å². The number of hydrogen-bond acceptors (Lipinski definition) is 6. The summed E-state index contributed by atoms with van der Waals surface area (Å²) in [7, 11) is 0. The van der Waals surface area contributed by atoms with E-state index in [0.29, 0.717) is 32.3 Å². The van der Waals surface area contributed by atoms with Crippen LogP contribution >= 0.6 is 0 Å². The molecule has 142 valence electrons. The Hall–Kier alpha value is -2.43. The van der Waals surface area contributed by atoms with Gasteiger partial charge in [-0.1, -0.05) is 30.3 Å². The highest BCUT2D eigenvalue weighted by molar-refractivity contribution is 6.02. The van der Waals surface area contributed by atoms with Gasteiger partial charge in [0.1, 0.15) is 0 Å². The molecule has 2 saturated heterocycles. The zero-order chi connectivity index (χ0) is 18.7. The molecule has 0 bridgehead atoms. The number of nitriles is 1. The lowest BCUT2D eigenvalue weighted by molar-refractivity contribution is -0.125. The Balaban J connectivity index is 1.51. The lowest BCUT2D eigenvalue weighted by Gasteiger charge is -2.45. The number of hydrogen-bond donors (Lipinski definition) is 1. The fourth-order valence-electron chi connectivity index (χ4n) is 4.17. The van der Waals surface area contributed by atoms with Crippen LogP contribution in [0.1, 0.15) is 18.4 Å². The first-order valence-electron chi connectivity index (χ1n) is 9.59. The van der Waals surface area contributed by atoms with Crippen LogP contribution in [-0.4, -0.2) is 66.6 Å². The number of nitrogens with zero attached hydrogens (tertiary/aromatic N) is 4. The van der Waals surface area contributed by atoms with E-state index in [2.05, 4.69) is 45.5 Å². The predicted molar refractivity (Wildman–Crippen MR) is 101 cm³/mol. The Morgan fingerprint density at radius 3 is 2.56 bits per heavy atom. The van der Waals surface area contributed by atoms with E-state index in [1.165, 1.54) is 5.56 Å². The van der Waals surface area contributed by atoms with Crippen LogP contribution in [0, 0.1) is 17.2 Å². The summed E-state index contributed by atoms with van der Waals surface area (Å²) in [5.74, 6) is -0.321. The second-order valence-corrected chi connectivity index (χ2v) is 7.45. The summed E-state index contributed by atoms with van der Waals surface area (Å²) in [6, 6.07) is 12.6. The van der Waals surface area contributed by atoms with Crippen LogP contribution in [0.5, 0.6) is 0 Å². The molecule has 4 rings (SSSR count). The largest absolute Gasteiger partial charge is 0.378 e. The maximum atomic E-state index is 12.6. The van der Waals surface area contributed by atoms with Gasteiger partial charge in [-0.05, 0) is 18.4 Å². The summed E-state index contributed by atoms with van der Waals surface area (Å²) >= 11 is 0. The third-order valence-corrected chi connectivity index (χ3v) is 5.77. The van der Waals surface area contributed by atoms with Gasteiger partial charge in [0.15, 0.2) is 5.92 Å². The molecule has 0 unspecified atom stereocenters. The molecule has 7 heteroatoms. The summed E-state index contributed by atoms with van der Waals surface area (Å²) < 4.78 is 5.40. The summed E-state index contributed by atoms with van der Waals surface area (Å²) in [6.07, 6.45) is 1.44. The zero-order valence-electron chi connectivity index (χ0n) is 15.4. The molecule has 7 nitrogen and oxygen atoms in total. The van der Waals surface area contributed by atoms with Crippen LogP contribution in [0.15, 0.2) is 35.3 Å². The quantitative estimate of drug-likeness (QED) is 0.843. The molecule has 1 atom stereocenters. The lowest BCUT2D eigenvalue weighted by atomic mass is 9.76. The molecule has 3 aliphatic heterocycles. The average Bonchev–Trinajstić information content (AvgIpc) is 2.71. The second-order valence-electron chi connectivity index (χ2n) is 7.45. The van der Waals surface area contributed by atoms with Gasteiger partial charge in [0.25, 0.3) is 0 Å². The van der Waals surface area contributed by atoms with Crippen LogP contribution in [0.4, 0.5) is 0 Å². The van der Waals surface area contributed by atoms with Gasteiger partial charge in [0.2, 0.25) is 11.9 Å². The van der Waals surface area contributed by atoms with Gasteiger partial charge in [0.05, 0.1) is 24.8 Å². The minimum Gasteiger partial charge on any atom is -0.378 e. The Kier molecular flexibility index (Phi) is 5.10. The predicted octanol–water partition coefficient (Wildman–Crippen LogP) is 0.979. The number of guanidine groups is 1. The third-order valence-electron chi connectivity index (χ3n) is 5.77. The van der Waals surface area contributed by atoms with Gasteiger partial charge in [-0.2, -0.15) is 5.26 Å². The molecular weight excluding hydrogens is 342 g/mol. The number of ether oxygens (including phenoxy) is 1. The van der Waals surface area contributed by atoms with Gasteiger partial charge >= 0.3 is 0 Å². The fraction of sp³-hybridized carbons (Fsp3) is 0.550. The Bertz CT molecular complexity index is 743. The molecule has 1 aromatic rings. The minimum absolute atomic E-state index is 0.217. The lowest BCUT2D eigenvalue weighted by Crippen LogP contribution is -2.61. The molecule has 3 heterocycles. The zero-order valence-corrected chi connectivity index (χ0v) is 15.4. The Labute approximate surface area is 159 Å². The first-order chi connectivity index (χ1) is 13.2. The van der Waals surface area contributed by atoms with Crippen LogP contribution in [0.2, 0.25) is 0 Å². The first kappa shape index (κ1) is 18.0. The second kappa shape index (κ2) is 7.67. The van der Waals surface area contributed by atoms with E-state index in [0.717, 1.165) is 32.5 Å². The Morgan fingerprint density at radius 1 is 1.19 bits per heavy atom. The van der Waals surface area contributed by atoms with Gasteiger partial charge in [-0.15, -0.1) is 0 Å². The van der Waals surface area contributed by atoms with E-state index in [4.69, 9.17) is 9.73 Å². The van der Waals surface area contributed by atoms with Crippen molar-refractivity contribution in [3.63, 3.8) is 0 Å². The number of carbonyl (C=O) groups excluding carboxylic acids is 1. The van der Waals surface area contributed by atoms with Gasteiger partial charge in [-0.3, -0.25) is 15.0 Å². The number of carbonyl (C=O) groups is 1. The van der Waals surface area contributed by atoms with Crippen molar-refractivity contribution in [2.45, 2.75) is 24.9 Å². The van der Waals surface area contributed by atoms with E-state index in [1.54, 1.807) is 0 Å². The summed E-state index contributed by atoms with van der Waals surface area (Å²) in [4.78, 5) is 22.0. The SMILES string of the molecule is N#C[C@H]1C(=O)NC(N2CCOCC2)=NC12CCN(Cc1ccccc1)CC2. The molecule has 1 amide bonds. The normalized spacial score (nSPS) is 25.6. The maximum absolute atomic E-state index is 12.6. The van der Waals surface area contributed by atoms with E-state index in [9.17, 15) is 10.1 Å². The van der Waals surface area contributed by atoms with Crippen molar-refractivity contribution < 1.29 is 9.53 Å². The molecule has 1 aromatic carbocycles. The highest BCUT2D eigenvalue weighted by Crippen LogP contribution is 2.36. The molecule has 0 radical (unpaired) electrons. The molecule has 27 heavy (non-hydrogen) atoms. The number of nitrogens with one attached hydrogen (secondary N) is 1. The summed E-state index contributed by atoms with van der Waals surface area (Å²) in [5, 5.41) is 12.5. The number of amides is 1. The highest BCUT2D eigenvalue weighted by atomic mass is 16.5. The van der Waals surface area contributed by atoms with Crippen molar-refractivity contribution in [3.8, 4) is 6.07 Å². The number of benzene rings is 1. The van der Waals surface area contributed by atoms with E-state index in [1.807, 2.05) is 6.07 Å². The maximum Gasteiger partial charge on any atom is 0.246 e. The average molecular weight is 367 g/mol. The minimum atomic E-state index is -0.721. The van der Waals surface area contributed by atoms with E-state index in [-0.39, 0.29) is 5.91 Å². The molecule has 0 aromatic heterocycles. The number of morpholine rings is 1. The van der Waals surface area contributed by atoms with Gasteiger partial charge in [-0.25, -0.2) is 4.99 Å². The van der Waals surface area contributed by atoms with Crippen molar-refractivity contribution >= 4 is 11.9 Å². The number of rotatable bonds is 2. The smallest absolute Gasteiger partial charge is 0.246 e. The van der Waals surface area contributed by atoms with Gasteiger partial charge < -0.3 is 9.64 Å². The van der Waals surface area contributed by atoms with Crippen LogP contribution in [0.3, 0.4) is 0 Å².